The van der Waals surface area contributed by atoms with Crippen LogP contribution in [0.3, 0.4) is 0 Å². The summed E-state index contributed by atoms with van der Waals surface area (Å²) >= 11 is 0. The van der Waals surface area contributed by atoms with Crippen LogP contribution < -0.4 is 4.90 Å². The first-order chi connectivity index (χ1) is 8.59. The third kappa shape index (κ3) is 1.74. The summed E-state index contributed by atoms with van der Waals surface area (Å²) in [7, 11) is 0. The van der Waals surface area contributed by atoms with Crippen molar-refractivity contribution < 1.29 is 4.79 Å². The first-order valence-electron chi connectivity index (χ1n) is 6.99. The van der Waals surface area contributed by atoms with E-state index in [-0.39, 0.29) is 11.8 Å². The molecule has 1 aromatic heterocycles. The molecule has 1 aromatic rings. The molecule has 1 amide bonds. The smallest absolute Gasteiger partial charge is 0.229 e. The lowest BCUT2D eigenvalue weighted by Crippen LogP contribution is -2.39. The molecule has 0 spiro atoms. The lowest BCUT2D eigenvalue weighted by molar-refractivity contribution is -0.121. The Bertz CT molecular complexity index is 460. The van der Waals surface area contributed by atoms with Crippen LogP contribution >= 0.6 is 0 Å². The van der Waals surface area contributed by atoms with Crippen molar-refractivity contribution >= 4 is 11.6 Å². The molecule has 0 saturated heterocycles. The number of carbonyl (C=O) groups excluding carboxylic acids is 1. The number of nitrogens with one attached hydrogen (secondary N) is 1. The maximum absolute atomic E-state index is 12.3. The van der Waals surface area contributed by atoms with Crippen molar-refractivity contribution in [1.82, 2.24) is 10.2 Å². The van der Waals surface area contributed by atoms with E-state index in [4.69, 9.17) is 0 Å². The molecule has 1 saturated carbocycles. The third-order valence-corrected chi connectivity index (χ3v) is 4.06. The van der Waals surface area contributed by atoms with Crippen LogP contribution in [0.2, 0.25) is 0 Å². The van der Waals surface area contributed by atoms with Crippen molar-refractivity contribution in [1.29, 1.82) is 0 Å². The highest BCUT2D eigenvalue weighted by Crippen LogP contribution is 2.47. The quantitative estimate of drug-likeness (QED) is 0.873. The van der Waals surface area contributed by atoms with Gasteiger partial charge in [-0.05, 0) is 19.3 Å². The Morgan fingerprint density at radius 1 is 1.39 bits per heavy atom. The number of aromatic nitrogens is 2. The van der Waals surface area contributed by atoms with Gasteiger partial charge in [0.15, 0.2) is 0 Å². The van der Waals surface area contributed by atoms with E-state index < -0.39 is 0 Å². The summed E-state index contributed by atoms with van der Waals surface area (Å²) in [6.07, 6.45) is 3.47. The number of carbonyl (C=O) groups is 1. The molecule has 3 rings (SSSR count). The molecule has 4 nitrogen and oxygen atoms in total. The number of amides is 1. The number of anilines is 1. The van der Waals surface area contributed by atoms with E-state index in [2.05, 4.69) is 17.1 Å². The molecule has 1 aliphatic carbocycles. The molecule has 0 radical (unpaired) electrons. The second-order valence-corrected chi connectivity index (χ2v) is 5.98. The fraction of sp³-hybridized carbons (Fsp3) is 0.714. The Kier molecular flexibility index (Phi) is 2.68. The Morgan fingerprint density at radius 3 is 2.72 bits per heavy atom. The minimum Gasteiger partial charge on any atom is -0.309 e. The number of hydrogen-bond acceptors (Lipinski definition) is 2. The van der Waals surface area contributed by atoms with E-state index in [1.54, 1.807) is 0 Å². The second kappa shape index (κ2) is 4.11. The second-order valence-electron chi connectivity index (χ2n) is 5.98. The van der Waals surface area contributed by atoms with Crippen molar-refractivity contribution in [3.8, 4) is 0 Å². The maximum atomic E-state index is 12.3. The first kappa shape index (κ1) is 11.8. The van der Waals surface area contributed by atoms with Crippen LogP contribution in [0.4, 0.5) is 5.69 Å². The first-order valence-corrected chi connectivity index (χ1v) is 6.99. The molecule has 1 atom stereocenters. The molecule has 4 heteroatoms. The summed E-state index contributed by atoms with van der Waals surface area (Å²) < 4.78 is 0. The van der Waals surface area contributed by atoms with Crippen LogP contribution in [0.1, 0.15) is 63.3 Å². The van der Waals surface area contributed by atoms with Gasteiger partial charge in [-0.3, -0.25) is 9.89 Å². The molecule has 2 aliphatic rings. The average Bonchev–Trinajstić information content (AvgIpc) is 3.08. The summed E-state index contributed by atoms with van der Waals surface area (Å²) in [5, 5.41) is 7.66. The Labute approximate surface area is 108 Å². The molecular formula is C14H21N3O. The van der Waals surface area contributed by atoms with Crippen LogP contribution in [0, 0.1) is 5.92 Å². The van der Waals surface area contributed by atoms with Crippen molar-refractivity contribution in [3.05, 3.63) is 11.4 Å². The largest absolute Gasteiger partial charge is 0.309 e. The molecule has 0 aromatic carbocycles. The summed E-state index contributed by atoms with van der Waals surface area (Å²) in [5.41, 5.74) is 3.40. The predicted octanol–water partition coefficient (Wildman–Crippen LogP) is 2.78. The van der Waals surface area contributed by atoms with Gasteiger partial charge in [0.05, 0.1) is 17.1 Å². The maximum Gasteiger partial charge on any atom is 0.229 e. The van der Waals surface area contributed by atoms with E-state index in [0.717, 1.165) is 24.3 Å². The molecule has 1 fully saturated rings. The van der Waals surface area contributed by atoms with Gasteiger partial charge in [0, 0.05) is 24.3 Å². The monoisotopic (exact) mass is 247 g/mol. The molecule has 1 aliphatic heterocycles. The van der Waals surface area contributed by atoms with E-state index in [1.165, 1.54) is 18.5 Å². The summed E-state index contributed by atoms with van der Waals surface area (Å²) in [6, 6.07) is 0. The van der Waals surface area contributed by atoms with Crippen molar-refractivity contribution in [2.75, 3.05) is 11.4 Å². The predicted molar refractivity (Wildman–Crippen MR) is 70.8 cm³/mol. The van der Waals surface area contributed by atoms with Gasteiger partial charge < -0.3 is 4.90 Å². The number of fused-ring (bicyclic) bond motifs is 1. The Hall–Kier alpha value is -1.32. The van der Waals surface area contributed by atoms with Gasteiger partial charge in [0.2, 0.25) is 5.91 Å². The van der Waals surface area contributed by atoms with Gasteiger partial charge in [0.1, 0.15) is 0 Å². The van der Waals surface area contributed by atoms with E-state index in [0.29, 0.717) is 11.8 Å². The SMILES string of the molecule is CC(C)C(=O)N1CCC(C)c2n[nH]c(C3CC3)c21. The van der Waals surface area contributed by atoms with Crippen LogP contribution in [0.25, 0.3) is 0 Å². The molecule has 18 heavy (non-hydrogen) atoms. The van der Waals surface area contributed by atoms with Crippen molar-refractivity contribution in [2.45, 2.75) is 51.9 Å². The Morgan fingerprint density at radius 2 is 2.11 bits per heavy atom. The molecule has 1 N–H and O–H groups in total. The highest BCUT2D eigenvalue weighted by molar-refractivity contribution is 5.96. The zero-order valence-corrected chi connectivity index (χ0v) is 11.4. The van der Waals surface area contributed by atoms with E-state index in [9.17, 15) is 4.79 Å². The van der Waals surface area contributed by atoms with Crippen LogP contribution in [-0.2, 0) is 4.79 Å². The van der Waals surface area contributed by atoms with Crippen LogP contribution in [0.15, 0.2) is 0 Å². The molecule has 1 unspecified atom stereocenters. The number of nitrogens with zero attached hydrogens (tertiary/aromatic N) is 2. The minimum atomic E-state index is 0.0493. The highest BCUT2D eigenvalue weighted by Gasteiger charge is 2.37. The van der Waals surface area contributed by atoms with Gasteiger partial charge >= 0.3 is 0 Å². The van der Waals surface area contributed by atoms with E-state index >= 15 is 0 Å². The minimum absolute atomic E-state index is 0.0493. The zero-order chi connectivity index (χ0) is 12.9. The lowest BCUT2D eigenvalue weighted by Gasteiger charge is -2.31. The van der Waals surface area contributed by atoms with Crippen LogP contribution in [0.5, 0.6) is 0 Å². The van der Waals surface area contributed by atoms with Crippen molar-refractivity contribution in [3.63, 3.8) is 0 Å². The van der Waals surface area contributed by atoms with Gasteiger partial charge in [0.25, 0.3) is 0 Å². The van der Waals surface area contributed by atoms with Gasteiger partial charge in [-0.1, -0.05) is 20.8 Å². The molecular weight excluding hydrogens is 226 g/mol. The number of H-pyrrole nitrogens is 1. The summed E-state index contributed by atoms with van der Waals surface area (Å²) in [5.74, 6) is 1.34. The summed E-state index contributed by atoms with van der Waals surface area (Å²) in [6.45, 7) is 6.98. The zero-order valence-electron chi connectivity index (χ0n) is 11.4. The Balaban J connectivity index is 2.03. The topological polar surface area (TPSA) is 49.0 Å². The van der Waals surface area contributed by atoms with Gasteiger partial charge in [-0.15, -0.1) is 0 Å². The molecule has 0 bridgehead atoms. The number of hydrogen-bond donors (Lipinski definition) is 1. The van der Waals surface area contributed by atoms with Crippen molar-refractivity contribution in [2.24, 2.45) is 5.92 Å². The molecule has 2 heterocycles. The fourth-order valence-corrected chi connectivity index (χ4v) is 2.75. The fourth-order valence-electron chi connectivity index (χ4n) is 2.75. The third-order valence-electron chi connectivity index (χ3n) is 4.06. The summed E-state index contributed by atoms with van der Waals surface area (Å²) in [4.78, 5) is 14.3. The standard InChI is InChI=1S/C14H21N3O/c1-8(2)14(18)17-7-6-9(3)11-13(17)12(16-15-11)10-4-5-10/h8-10H,4-7H2,1-3H3,(H,15,16). The molecule has 98 valence electrons. The average molecular weight is 247 g/mol. The lowest BCUT2D eigenvalue weighted by atomic mass is 9.95. The highest BCUT2D eigenvalue weighted by atomic mass is 16.2. The number of aromatic amines is 1. The van der Waals surface area contributed by atoms with E-state index in [1.807, 2.05) is 18.7 Å². The van der Waals surface area contributed by atoms with Crippen LogP contribution in [-0.4, -0.2) is 22.6 Å². The normalized spacial score (nSPS) is 23.3. The van der Waals surface area contributed by atoms with Gasteiger partial charge in [-0.2, -0.15) is 5.10 Å². The number of rotatable bonds is 2. The van der Waals surface area contributed by atoms with Gasteiger partial charge in [-0.25, -0.2) is 0 Å².